The number of hydrogen-bond donors (Lipinski definition) is 1. The standard InChI is InChI=1S/C4H5F6O3P/c5-3(6,7)1-12-14(11)13-2-4(8,9)10/h11H,1-2H2. The van der Waals surface area contributed by atoms with E-state index in [1.54, 1.807) is 0 Å². The van der Waals surface area contributed by atoms with Gasteiger partial charge in [0.15, 0.2) is 13.2 Å². The average Bonchev–Trinajstić information content (AvgIpc) is 1.94. The Hall–Kier alpha value is -0.110. The van der Waals surface area contributed by atoms with E-state index in [0.29, 0.717) is 0 Å². The van der Waals surface area contributed by atoms with Crippen molar-refractivity contribution >= 4 is 8.60 Å². The van der Waals surface area contributed by atoms with E-state index in [4.69, 9.17) is 4.89 Å². The Kier molecular flexibility index (Phi) is 5.07. The van der Waals surface area contributed by atoms with E-state index in [2.05, 4.69) is 9.05 Å². The third kappa shape index (κ3) is 9.97. The molecular formula is C4H5F6O3P. The molecule has 0 aliphatic heterocycles. The summed E-state index contributed by atoms with van der Waals surface area (Å²) in [5, 5.41) is 0. The molecule has 0 bridgehead atoms. The van der Waals surface area contributed by atoms with Crippen LogP contribution in [-0.4, -0.2) is 30.5 Å². The fraction of sp³-hybridized carbons (Fsp3) is 1.00. The van der Waals surface area contributed by atoms with Crippen molar-refractivity contribution in [2.75, 3.05) is 13.2 Å². The minimum absolute atomic E-state index is 1.85. The molecule has 0 saturated heterocycles. The van der Waals surface area contributed by atoms with Crippen molar-refractivity contribution in [2.45, 2.75) is 12.4 Å². The van der Waals surface area contributed by atoms with Crippen LogP contribution in [0.15, 0.2) is 0 Å². The minimum Gasteiger partial charge on any atom is -0.328 e. The van der Waals surface area contributed by atoms with Crippen LogP contribution in [0.1, 0.15) is 0 Å². The molecule has 0 spiro atoms. The van der Waals surface area contributed by atoms with Crippen molar-refractivity contribution in [2.24, 2.45) is 0 Å². The largest absolute Gasteiger partial charge is 0.412 e. The Balaban J connectivity index is 3.62. The molecule has 3 nitrogen and oxygen atoms in total. The van der Waals surface area contributed by atoms with Crippen LogP contribution in [-0.2, 0) is 9.05 Å². The van der Waals surface area contributed by atoms with Crippen molar-refractivity contribution in [3.63, 3.8) is 0 Å². The number of hydrogen-bond acceptors (Lipinski definition) is 3. The molecule has 0 unspecified atom stereocenters. The molecule has 1 N–H and O–H groups in total. The molecule has 0 aliphatic carbocycles. The third-order valence-electron chi connectivity index (χ3n) is 0.677. The second kappa shape index (κ2) is 5.11. The van der Waals surface area contributed by atoms with Crippen LogP contribution in [0.4, 0.5) is 26.3 Å². The van der Waals surface area contributed by atoms with Crippen LogP contribution in [0.2, 0.25) is 0 Å². The topological polar surface area (TPSA) is 38.7 Å². The van der Waals surface area contributed by atoms with Gasteiger partial charge >= 0.3 is 21.0 Å². The lowest BCUT2D eigenvalue weighted by Gasteiger charge is -2.13. The molecule has 10 heteroatoms. The van der Waals surface area contributed by atoms with Gasteiger partial charge in [0.2, 0.25) is 0 Å². The fourth-order valence-electron chi connectivity index (χ4n) is 0.294. The van der Waals surface area contributed by atoms with Crippen LogP contribution in [0.25, 0.3) is 0 Å². The molecule has 0 rings (SSSR count). The van der Waals surface area contributed by atoms with Gasteiger partial charge in [-0.05, 0) is 0 Å². The van der Waals surface area contributed by atoms with Crippen LogP contribution >= 0.6 is 8.60 Å². The van der Waals surface area contributed by atoms with Crippen molar-refractivity contribution in [3.8, 4) is 0 Å². The van der Waals surface area contributed by atoms with E-state index in [-0.39, 0.29) is 0 Å². The summed E-state index contributed by atoms with van der Waals surface area (Å²) < 4.78 is 75.5. The van der Waals surface area contributed by atoms with Crippen molar-refractivity contribution in [3.05, 3.63) is 0 Å². The van der Waals surface area contributed by atoms with E-state index in [0.717, 1.165) is 0 Å². The van der Waals surface area contributed by atoms with Crippen LogP contribution < -0.4 is 0 Å². The summed E-state index contributed by atoms with van der Waals surface area (Å²) in [6.07, 6.45) is -9.43. The molecule has 0 saturated carbocycles. The highest BCUT2D eigenvalue weighted by atomic mass is 31.2. The predicted octanol–water partition coefficient (Wildman–Crippen LogP) is 2.36. The highest BCUT2D eigenvalue weighted by Gasteiger charge is 2.32. The normalized spacial score (nSPS) is 13.7. The van der Waals surface area contributed by atoms with Gasteiger partial charge in [-0.25, -0.2) is 0 Å². The second-order valence-corrected chi connectivity index (χ2v) is 3.01. The first-order valence-electron chi connectivity index (χ1n) is 2.98. The maximum absolute atomic E-state index is 11.4. The lowest BCUT2D eigenvalue weighted by Crippen LogP contribution is -2.18. The highest BCUT2D eigenvalue weighted by molar-refractivity contribution is 7.40. The van der Waals surface area contributed by atoms with Gasteiger partial charge in [-0.2, -0.15) is 26.3 Å². The zero-order valence-corrected chi connectivity index (χ0v) is 7.29. The minimum atomic E-state index is -4.72. The Bertz CT molecular complexity index is 149. The van der Waals surface area contributed by atoms with Gasteiger partial charge < -0.3 is 13.9 Å². The molecule has 0 radical (unpaired) electrons. The van der Waals surface area contributed by atoms with E-state index in [1.807, 2.05) is 0 Å². The van der Waals surface area contributed by atoms with Crippen molar-refractivity contribution < 1.29 is 40.3 Å². The van der Waals surface area contributed by atoms with Gasteiger partial charge in [-0.3, -0.25) is 0 Å². The monoisotopic (exact) mass is 246 g/mol. The zero-order chi connectivity index (χ0) is 11.4. The molecule has 0 aromatic carbocycles. The number of halogens is 6. The van der Waals surface area contributed by atoms with Gasteiger partial charge in [-0.15, -0.1) is 0 Å². The smallest absolute Gasteiger partial charge is 0.328 e. The Morgan fingerprint density at radius 3 is 1.36 bits per heavy atom. The Labute approximate surface area is 75.6 Å². The van der Waals surface area contributed by atoms with E-state index in [9.17, 15) is 26.3 Å². The maximum Gasteiger partial charge on any atom is 0.412 e. The van der Waals surface area contributed by atoms with Crippen LogP contribution in [0.3, 0.4) is 0 Å². The Morgan fingerprint density at radius 2 is 1.14 bits per heavy atom. The van der Waals surface area contributed by atoms with Gasteiger partial charge in [0.1, 0.15) is 0 Å². The summed E-state index contributed by atoms with van der Waals surface area (Å²) in [6, 6.07) is 0. The molecule has 0 aliphatic rings. The van der Waals surface area contributed by atoms with Crippen LogP contribution in [0.5, 0.6) is 0 Å². The number of rotatable bonds is 4. The average molecular weight is 246 g/mol. The molecule has 0 aromatic rings. The molecule has 0 fully saturated rings. The maximum atomic E-state index is 11.4. The summed E-state index contributed by atoms with van der Waals surface area (Å²) >= 11 is 0. The first-order chi connectivity index (χ1) is 6.10. The molecule has 0 atom stereocenters. The molecule has 0 heterocycles. The Morgan fingerprint density at radius 1 is 0.857 bits per heavy atom. The SMILES string of the molecule is OP(OCC(F)(F)F)OCC(F)(F)F. The lowest BCUT2D eigenvalue weighted by molar-refractivity contribution is -0.165. The quantitative estimate of drug-likeness (QED) is 0.611. The van der Waals surface area contributed by atoms with E-state index in [1.165, 1.54) is 0 Å². The molecule has 14 heavy (non-hydrogen) atoms. The summed E-state index contributed by atoms with van der Waals surface area (Å²) in [5.74, 6) is 0. The summed E-state index contributed by atoms with van der Waals surface area (Å²) in [6.45, 7) is -3.71. The van der Waals surface area contributed by atoms with E-state index < -0.39 is 34.2 Å². The van der Waals surface area contributed by atoms with Gasteiger partial charge in [0, 0.05) is 0 Å². The first kappa shape index (κ1) is 13.9. The summed E-state index contributed by atoms with van der Waals surface area (Å²) in [4.78, 5) is 8.40. The summed E-state index contributed by atoms with van der Waals surface area (Å²) in [7, 11) is -3.15. The van der Waals surface area contributed by atoms with Gasteiger partial charge in [0.05, 0.1) is 0 Å². The van der Waals surface area contributed by atoms with Gasteiger partial charge in [-0.1, -0.05) is 0 Å². The molecular weight excluding hydrogens is 241 g/mol. The number of alkyl halides is 6. The third-order valence-corrected chi connectivity index (χ3v) is 1.38. The molecule has 86 valence electrons. The first-order valence-corrected chi connectivity index (χ1v) is 4.11. The summed E-state index contributed by atoms with van der Waals surface area (Å²) in [5.41, 5.74) is 0. The zero-order valence-electron chi connectivity index (χ0n) is 6.39. The molecule has 0 amide bonds. The fourth-order valence-corrected chi connectivity index (χ4v) is 0.882. The second-order valence-electron chi connectivity index (χ2n) is 2.02. The lowest BCUT2D eigenvalue weighted by atomic mass is 10.7. The van der Waals surface area contributed by atoms with Crippen molar-refractivity contribution in [1.82, 2.24) is 0 Å². The van der Waals surface area contributed by atoms with Crippen LogP contribution in [0, 0.1) is 0 Å². The molecule has 0 aromatic heterocycles. The van der Waals surface area contributed by atoms with E-state index >= 15 is 0 Å². The van der Waals surface area contributed by atoms with Crippen molar-refractivity contribution in [1.29, 1.82) is 0 Å². The van der Waals surface area contributed by atoms with Gasteiger partial charge in [0.25, 0.3) is 0 Å². The highest BCUT2D eigenvalue weighted by Crippen LogP contribution is 2.36. The predicted molar refractivity (Wildman–Crippen MR) is 33.2 cm³/mol.